The van der Waals surface area contributed by atoms with E-state index in [0.29, 0.717) is 0 Å². The third-order valence-electron chi connectivity index (χ3n) is 8.10. The molecule has 1 rings (SSSR count). The quantitative estimate of drug-likeness (QED) is 0.0794. The van der Waals surface area contributed by atoms with Gasteiger partial charge in [0.25, 0.3) is 5.82 Å². The molecule has 0 bridgehead atoms. The van der Waals surface area contributed by atoms with Crippen LogP contribution in [-0.4, -0.2) is 4.57 Å². The first-order valence-electron chi connectivity index (χ1n) is 16.9. The molecule has 2 nitrogen and oxygen atoms in total. The molecule has 1 aromatic heterocycles. The molecule has 0 fully saturated rings. The summed E-state index contributed by atoms with van der Waals surface area (Å²) in [5.41, 5.74) is 0. The van der Waals surface area contributed by atoms with Gasteiger partial charge in [0.2, 0.25) is 0 Å². The van der Waals surface area contributed by atoms with Crippen LogP contribution in [-0.2, 0) is 19.5 Å². The van der Waals surface area contributed by atoms with Gasteiger partial charge in [-0.05, 0) is 32.1 Å². The zero-order valence-electron chi connectivity index (χ0n) is 25.3. The van der Waals surface area contributed by atoms with E-state index < -0.39 is 0 Å². The summed E-state index contributed by atoms with van der Waals surface area (Å²) in [5.74, 6) is 1.60. The van der Waals surface area contributed by atoms with Gasteiger partial charge >= 0.3 is 0 Å². The molecule has 0 spiro atoms. The first-order chi connectivity index (χ1) is 17.8. The molecule has 0 N–H and O–H groups in total. The summed E-state index contributed by atoms with van der Waals surface area (Å²) in [6.07, 6.45) is 41.5. The molecule has 0 aliphatic carbocycles. The Labute approximate surface area is 228 Å². The average molecular weight is 504 g/mol. The second-order valence-electron chi connectivity index (χ2n) is 11.6. The molecule has 1 aromatic rings. The van der Waals surface area contributed by atoms with Crippen LogP contribution in [0, 0.1) is 0 Å². The van der Waals surface area contributed by atoms with Gasteiger partial charge in [0.05, 0.1) is 13.1 Å². The molecule has 0 saturated heterocycles. The number of nitrogens with zero attached hydrogens (tertiary/aromatic N) is 2. The van der Waals surface area contributed by atoms with Crippen molar-refractivity contribution in [2.24, 2.45) is 0 Å². The van der Waals surface area contributed by atoms with Gasteiger partial charge in [-0.15, -0.1) is 0 Å². The summed E-state index contributed by atoms with van der Waals surface area (Å²) in [4.78, 5) is 0. The Bertz CT molecular complexity index is 562. The number of aryl methyl sites for hydroxylation is 2. The van der Waals surface area contributed by atoms with Gasteiger partial charge in [0.15, 0.2) is 0 Å². The number of hydrogen-bond donors (Lipinski definition) is 0. The predicted octanol–water partition coefficient (Wildman–Crippen LogP) is 11.1. The molecule has 36 heavy (non-hydrogen) atoms. The normalized spacial score (nSPS) is 11.5. The third kappa shape index (κ3) is 18.5. The van der Waals surface area contributed by atoms with E-state index in [9.17, 15) is 0 Å². The first kappa shape index (κ1) is 33.2. The second-order valence-corrected chi connectivity index (χ2v) is 11.6. The van der Waals surface area contributed by atoms with Gasteiger partial charge in [0.1, 0.15) is 12.4 Å². The van der Waals surface area contributed by atoms with Crippen LogP contribution >= 0.6 is 0 Å². The van der Waals surface area contributed by atoms with Crippen LogP contribution in [0.5, 0.6) is 0 Å². The fourth-order valence-corrected chi connectivity index (χ4v) is 5.62. The lowest BCUT2D eigenvalue weighted by atomic mass is 10.0. The summed E-state index contributed by atoms with van der Waals surface area (Å²) in [6, 6.07) is 0. The SMILES string of the molecule is CCCCCCCCCCCCCCCCCCn1cc[n+](CCCCC)c1CCCCCCCC. The van der Waals surface area contributed by atoms with E-state index in [1.54, 1.807) is 5.82 Å². The Kier molecular flexibility index (Phi) is 23.9. The van der Waals surface area contributed by atoms with Crippen LogP contribution in [0.3, 0.4) is 0 Å². The van der Waals surface area contributed by atoms with Gasteiger partial charge in [-0.25, -0.2) is 9.13 Å². The summed E-state index contributed by atoms with van der Waals surface area (Å²) in [5, 5.41) is 0. The summed E-state index contributed by atoms with van der Waals surface area (Å²) >= 11 is 0. The molecule has 0 radical (unpaired) electrons. The fraction of sp³-hybridized carbons (Fsp3) is 0.912. The molecule has 0 aliphatic heterocycles. The van der Waals surface area contributed by atoms with Crippen molar-refractivity contribution in [2.75, 3.05) is 0 Å². The van der Waals surface area contributed by atoms with Crippen LogP contribution in [0.2, 0.25) is 0 Å². The third-order valence-corrected chi connectivity index (χ3v) is 8.10. The minimum Gasteiger partial charge on any atom is -0.234 e. The minimum atomic E-state index is 1.21. The van der Waals surface area contributed by atoms with Gasteiger partial charge in [0, 0.05) is 6.42 Å². The minimum absolute atomic E-state index is 1.21. The Morgan fingerprint density at radius 1 is 0.472 bits per heavy atom. The zero-order chi connectivity index (χ0) is 25.9. The number of aromatic nitrogens is 2. The highest BCUT2D eigenvalue weighted by Gasteiger charge is 2.16. The highest BCUT2D eigenvalue weighted by atomic mass is 15.1. The van der Waals surface area contributed by atoms with E-state index in [4.69, 9.17) is 0 Å². The molecule has 0 aliphatic rings. The smallest absolute Gasteiger partial charge is 0.234 e. The number of rotatable bonds is 28. The van der Waals surface area contributed by atoms with Crippen molar-refractivity contribution in [2.45, 2.75) is 201 Å². The lowest BCUT2D eigenvalue weighted by Gasteiger charge is -2.07. The van der Waals surface area contributed by atoms with Crippen molar-refractivity contribution < 1.29 is 4.57 Å². The van der Waals surface area contributed by atoms with E-state index in [1.807, 2.05) is 0 Å². The zero-order valence-corrected chi connectivity index (χ0v) is 25.3. The molecule has 0 aromatic carbocycles. The van der Waals surface area contributed by atoms with Crippen molar-refractivity contribution in [1.29, 1.82) is 0 Å². The topological polar surface area (TPSA) is 8.81 Å². The van der Waals surface area contributed by atoms with Crippen LogP contribution in [0.1, 0.15) is 187 Å². The number of imidazole rings is 1. The van der Waals surface area contributed by atoms with Crippen molar-refractivity contribution in [1.82, 2.24) is 4.57 Å². The highest BCUT2D eigenvalue weighted by Crippen LogP contribution is 2.15. The summed E-state index contributed by atoms with van der Waals surface area (Å²) in [6.45, 7) is 9.37. The van der Waals surface area contributed by atoms with E-state index in [1.165, 1.54) is 180 Å². The van der Waals surface area contributed by atoms with Crippen molar-refractivity contribution in [3.8, 4) is 0 Å². The Morgan fingerprint density at radius 2 is 0.861 bits per heavy atom. The first-order valence-corrected chi connectivity index (χ1v) is 16.9. The number of unbranched alkanes of at least 4 members (excludes halogenated alkanes) is 22. The van der Waals surface area contributed by atoms with Gasteiger partial charge in [-0.3, -0.25) is 0 Å². The predicted molar refractivity (Wildman–Crippen MR) is 161 cm³/mol. The maximum Gasteiger partial charge on any atom is 0.256 e. The van der Waals surface area contributed by atoms with Gasteiger partial charge in [-0.1, -0.05) is 149 Å². The molecular formula is C34H67N2+. The van der Waals surface area contributed by atoms with Crippen LogP contribution in [0.4, 0.5) is 0 Å². The fourth-order valence-electron chi connectivity index (χ4n) is 5.62. The molecule has 0 amide bonds. The van der Waals surface area contributed by atoms with E-state index in [2.05, 4.69) is 42.3 Å². The Hall–Kier alpha value is -0.790. The van der Waals surface area contributed by atoms with Crippen molar-refractivity contribution in [3.63, 3.8) is 0 Å². The lowest BCUT2D eigenvalue weighted by Crippen LogP contribution is -2.37. The second kappa shape index (κ2) is 25.8. The van der Waals surface area contributed by atoms with Gasteiger partial charge < -0.3 is 0 Å². The molecular weight excluding hydrogens is 436 g/mol. The summed E-state index contributed by atoms with van der Waals surface area (Å²) in [7, 11) is 0. The number of hydrogen-bond acceptors (Lipinski definition) is 0. The lowest BCUT2D eigenvalue weighted by molar-refractivity contribution is -0.704. The molecule has 0 atom stereocenters. The molecule has 2 heteroatoms. The highest BCUT2D eigenvalue weighted by molar-refractivity contribution is 4.84. The average Bonchev–Trinajstić information content (AvgIpc) is 3.27. The maximum atomic E-state index is 2.60. The monoisotopic (exact) mass is 504 g/mol. The molecule has 1 heterocycles. The van der Waals surface area contributed by atoms with E-state index >= 15 is 0 Å². The maximum absolute atomic E-state index is 2.60. The van der Waals surface area contributed by atoms with Crippen LogP contribution in [0.25, 0.3) is 0 Å². The largest absolute Gasteiger partial charge is 0.256 e. The molecule has 0 saturated carbocycles. The molecule has 212 valence electrons. The van der Waals surface area contributed by atoms with Gasteiger partial charge in [-0.2, -0.15) is 0 Å². The van der Waals surface area contributed by atoms with Crippen molar-refractivity contribution >= 4 is 0 Å². The standard InChI is InChI=1S/C34H67N2/c1-4-7-10-12-14-15-16-17-18-19-20-21-22-23-25-28-31-36-33-32-35(30-27-9-6-3)34(36)29-26-24-13-11-8-5-2/h32-33H,4-31H2,1-3H3/q+1. The van der Waals surface area contributed by atoms with Crippen molar-refractivity contribution in [3.05, 3.63) is 18.2 Å². The molecule has 0 unspecified atom stereocenters. The van der Waals surface area contributed by atoms with E-state index in [0.717, 1.165) is 0 Å². The van der Waals surface area contributed by atoms with Crippen LogP contribution < -0.4 is 4.57 Å². The Balaban J connectivity index is 2.11. The van der Waals surface area contributed by atoms with Crippen LogP contribution in [0.15, 0.2) is 12.4 Å². The van der Waals surface area contributed by atoms with E-state index in [-0.39, 0.29) is 0 Å². The Morgan fingerprint density at radius 3 is 1.33 bits per heavy atom. The summed E-state index contributed by atoms with van der Waals surface area (Å²) < 4.78 is 5.18.